The van der Waals surface area contributed by atoms with Gasteiger partial charge in [0, 0.05) is 25.7 Å². The highest BCUT2D eigenvalue weighted by molar-refractivity contribution is 6.30. The van der Waals surface area contributed by atoms with Gasteiger partial charge in [-0.3, -0.25) is 0 Å². The third-order valence-corrected chi connectivity index (χ3v) is 4.63. The molecule has 1 aromatic rings. The van der Waals surface area contributed by atoms with E-state index in [9.17, 15) is 0 Å². The number of hydrogen-bond donors (Lipinski definition) is 0. The Bertz CT molecular complexity index is 438. The van der Waals surface area contributed by atoms with E-state index in [1.54, 1.807) is 14.2 Å². The zero-order valence-corrected chi connectivity index (χ0v) is 16.2. The maximum Gasteiger partial charge on any atom is 0.157 e. The lowest BCUT2D eigenvalue weighted by atomic mass is 9.95. The monoisotopic (exact) mass is 352 g/mol. The average molecular weight is 353 g/mol. The fourth-order valence-electron chi connectivity index (χ4n) is 2.84. The molecule has 0 spiro atoms. The smallest absolute Gasteiger partial charge is 0.157 e. The molecule has 0 amide bonds. The van der Waals surface area contributed by atoms with Gasteiger partial charge in [0.15, 0.2) is 6.29 Å². The van der Waals surface area contributed by atoms with Gasteiger partial charge in [-0.05, 0) is 30.0 Å². The van der Waals surface area contributed by atoms with Gasteiger partial charge < -0.3 is 9.47 Å². The molecular weight excluding hydrogens is 320 g/mol. The molecule has 0 aromatic heterocycles. The Kier molecular flexibility index (Phi) is 11.9. The highest BCUT2D eigenvalue weighted by Gasteiger charge is 2.13. The molecule has 0 saturated carbocycles. The van der Waals surface area contributed by atoms with Crippen molar-refractivity contribution in [2.24, 2.45) is 5.92 Å². The van der Waals surface area contributed by atoms with Crippen LogP contribution in [0.4, 0.5) is 0 Å². The fraction of sp³-hybridized carbons (Fsp3) is 0.619. The molecule has 0 aliphatic heterocycles. The number of hydrogen-bond acceptors (Lipinski definition) is 2. The van der Waals surface area contributed by atoms with Gasteiger partial charge in [-0.25, -0.2) is 0 Å². The minimum Gasteiger partial charge on any atom is -0.356 e. The summed E-state index contributed by atoms with van der Waals surface area (Å²) in [6.45, 7) is 2.26. The van der Waals surface area contributed by atoms with Gasteiger partial charge in [-0.15, -0.1) is 0 Å². The first-order chi connectivity index (χ1) is 11.7. The third kappa shape index (κ3) is 9.46. The predicted octanol–water partition coefficient (Wildman–Crippen LogP) is 6.73. The van der Waals surface area contributed by atoms with Crippen molar-refractivity contribution in [3.05, 3.63) is 40.9 Å². The minimum atomic E-state index is -0.134. The first-order valence-corrected chi connectivity index (χ1v) is 9.56. The lowest BCUT2D eigenvalue weighted by molar-refractivity contribution is -0.111. The highest BCUT2D eigenvalue weighted by atomic mass is 35.5. The molecule has 2 nitrogen and oxygen atoms in total. The topological polar surface area (TPSA) is 18.5 Å². The average Bonchev–Trinajstić information content (AvgIpc) is 2.61. The van der Waals surface area contributed by atoms with Crippen molar-refractivity contribution in [2.45, 2.75) is 64.6 Å². The molecule has 0 aliphatic carbocycles. The van der Waals surface area contributed by atoms with Crippen LogP contribution in [0.5, 0.6) is 0 Å². The van der Waals surface area contributed by atoms with Crippen molar-refractivity contribution in [3.63, 3.8) is 0 Å². The number of ether oxygens (including phenoxy) is 2. The van der Waals surface area contributed by atoms with E-state index in [2.05, 4.69) is 19.1 Å². The van der Waals surface area contributed by atoms with Crippen LogP contribution in [0.1, 0.15) is 63.9 Å². The van der Waals surface area contributed by atoms with Gasteiger partial charge in [0.25, 0.3) is 0 Å². The summed E-state index contributed by atoms with van der Waals surface area (Å²) in [5.74, 6) is 0.469. The second-order valence-electron chi connectivity index (χ2n) is 6.36. The van der Waals surface area contributed by atoms with Crippen LogP contribution in [0, 0.1) is 5.92 Å². The molecule has 0 radical (unpaired) electrons. The standard InChI is InChI=1S/C21H33ClO2/c1-4-5-6-7-8-9-10-19(17-21(23-2)24-3)12-11-18-13-15-20(22)16-14-18/h11-16,19,21H,4-10,17H2,1-3H3/b12-11+/t19-/m0/s1. The summed E-state index contributed by atoms with van der Waals surface area (Å²) < 4.78 is 10.8. The first kappa shape index (κ1) is 21.2. The van der Waals surface area contributed by atoms with E-state index in [1.807, 2.05) is 24.3 Å². The van der Waals surface area contributed by atoms with E-state index < -0.39 is 0 Å². The summed E-state index contributed by atoms with van der Waals surface area (Å²) in [7, 11) is 3.41. The zero-order valence-electron chi connectivity index (χ0n) is 15.5. The van der Waals surface area contributed by atoms with Gasteiger partial charge in [-0.1, -0.05) is 81.3 Å². The molecule has 0 unspecified atom stereocenters. The van der Waals surface area contributed by atoms with E-state index in [0.29, 0.717) is 5.92 Å². The van der Waals surface area contributed by atoms with Crippen LogP contribution in [-0.4, -0.2) is 20.5 Å². The molecule has 1 atom stereocenters. The summed E-state index contributed by atoms with van der Waals surface area (Å²) >= 11 is 5.94. The summed E-state index contributed by atoms with van der Waals surface area (Å²) in [5, 5.41) is 0.773. The SMILES string of the molecule is CCCCCCCC[C@@H](/C=C/c1ccc(Cl)cc1)CC(OC)OC. The second kappa shape index (κ2) is 13.5. The number of unbranched alkanes of at least 4 members (excludes halogenated alkanes) is 5. The van der Waals surface area contributed by atoms with Crippen LogP contribution in [0.25, 0.3) is 6.08 Å². The molecule has 0 heterocycles. The normalized spacial score (nSPS) is 13.0. The minimum absolute atomic E-state index is 0.134. The molecule has 0 N–H and O–H groups in total. The Balaban J connectivity index is 2.51. The molecule has 136 valence electrons. The van der Waals surface area contributed by atoms with Crippen LogP contribution >= 0.6 is 11.6 Å². The van der Waals surface area contributed by atoms with Crippen LogP contribution in [0.15, 0.2) is 30.3 Å². The summed E-state index contributed by atoms with van der Waals surface area (Å²) in [6.07, 6.45) is 14.4. The molecule has 24 heavy (non-hydrogen) atoms. The highest BCUT2D eigenvalue weighted by Crippen LogP contribution is 2.21. The zero-order chi connectivity index (χ0) is 17.6. The Morgan fingerprint density at radius 1 is 0.958 bits per heavy atom. The number of allylic oxidation sites excluding steroid dienone is 1. The summed E-state index contributed by atoms with van der Waals surface area (Å²) in [6, 6.07) is 7.95. The van der Waals surface area contributed by atoms with Crippen molar-refractivity contribution in [3.8, 4) is 0 Å². The quantitative estimate of drug-likeness (QED) is 0.289. The van der Waals surface area contributed by atoms with Crippen LogP contribution < -0.4 is 0 Å². The Labute approximate surface area is 153 Å². The van der Waals surface area contributed by atoms with Crippen molar-refractivity contribution < 1.29 is 9.47 Å². The van der Waals surface area contributed by atoms with E-state index in [-0.39, 0.29) is 6.29 Å². The van der Waals surface area contributed by atoms with Crippen molar-refractivity contribution in [1.29, 1.82) is 0 Å². The number of methoxy groups -OCH3 is 2. The van der Waals surface area contributed by atoms with E-state index >= 15 is 0 Å². The predicted molar refractivity (Wildman–Crippen MR) is 104 cm³/mol. The summed E-state index contributed by atoms with van der Waals surface area (Å²) in [5.41, 5.74) is 1.18. The lowest BCUT2D eigenvalue weighted by Gasteiger charge is -2.19. The number of halogens is 1. The molecular formula is C21H33ClO2. The van der Waals surface area contributed by atoms with Gasteiger partial charge in [0.05, 0.1) is 0 Å². The molecule has 0 bridgehead atoms. The molecule has 0 saturated heterocycles. The van der Waals surface area contributed by atoms with Crippen molar-refractivity contribution in [1.82, 2.24) is 0 Å². The van der Waals surface area contributed by atoms with E-state index in [4.69, 9.17) is 21.1 Å². The lowest BCUT2D eigenvalue weighted by Crippen LogP contribution is -2.17. The molecule has 1 rings (SSSR count). The van der Waals surface area contributed by atoms with E-state index in [0.717, 1.165) is 11.4 Å². The molecule has 3 heteroatoms. The summed E-state index contributed by atoms with van der Waals surface area (Å²) in [4.78, 5) is 0. The van der Waals surface area contributed by atoms with Crippen LogP contribution in [-0.2, 0) is 9.47 Å². The first-order valence-electron chi connectivity index (χ1n) is 9.19. The molecule has 0 aliphatic rings. The Hall–Kier alpha value is -0.830. The van der Waals surface area contributed by atoms with Gasteiger partial charge in [-0.2, -0.15) is 0 Å². The van der Waals surface area contributed by atoms with Gasteiger partial charge >= 0.3 is 0 Å². The second-order valence-corrected chi connectivity index (χ2v) is 6.80. The number of rotatable bonds is 13. The van der Waals surface area contributed by atoms with Crippen molar-refractivity contribution >= 4 is 17.7 Å². The Morgan fingerprint density at radius 2 is 1.58 bits per heavy atom. The van der Waals surface area contributed by atoms with Gasteiger partial charge in [0.1, 0.15) is 0 Å². The maximum atomic E-state index is 5.94. The van der Waals surface area contributed by atoms with E-state index in [1.165, 1.54) is 50.5 Å². The van der Waals surface area contributed by atoms with Crippen LogP contribution in [0.3, 0.4) is 0 Å². The maximum absolute atomic E-state index is 5.94. The Morgan fingerprint density at radius 3 is 2.21 bits per heavy atom. The molecule has 0 fully saturated rings. The third-order valence-electron chi connectivity index (χ3n) is 4.38. The van der Waals surface area contributed by atoms with Gasteiger partial charge in [0.2, 0.25) is 0 Å². The number of benzene rings is 1. The van der Waals surface area contributed by atoms with Crippen molar-refractivity contribution in [2.75, 3.05) is 14.2 Å². The fourth-order valence-corrected chi connectivity index (χ4v) is 2.96. The largest absolute Gasteiger partial charge is 0.356 e. The van der Waals surface area contributed by atoms with Crippen LogP contribution in [0.2, 0.25) is 5.02 Å². The molecule has 1 aromatic carbocycles.